The third kappa shape index (κ3) is 2.41. The van der Waals surface area contributed by atoms with Crippen molar-refractivity contribution in [3.05, 3.63) is 53.3 Å². The molecule has 0 fully saturated rings. The van der Waals surface area contributed by atoms with Crippen LogP contribution in [0.3, 0.4) is 0 Å². The molecule has 0 saturated carbocycles. The smallest absolute Gasteiger partial charge is 0.115 e. The molecule has 1 aliphatic rings. The highest BCUT2D eigenvalue weighted by molar-refractivity contribution is 5.51. The number of phenolic OH excluding ortho intramolecular Hbond substituents is 1. The summed E-state index contributed by atoms with van der Waals surface area (Å²) in [7, 11) is 0. The van der Waals surface area contributed by atoms with Gasteiger partial charge in [-0.1, -0.05) is 6.07 Å². The van der Waals surface area contributed by atoms with Crippen molar-refractivity contribution >= 4 is 5.69 Å². The van der Waals surface area contributed by atoms with Gasteiger partial charge in [0.25, 0.3) is 0 Å². The van der Waals surface area contributed by atoms with E-state index < -0.39 is 0 Å². The van der Waals surface area contributed by atoms with Gasteiger partial charge in [-0.2, -0.15) is 0 Å². The highest BCUT2D eigenvalue weighted by atomic mass is 16.3. The number of anilines is 1. The summed E-state index contributed by atoms with van der Waals surface area (Å²) in [4.78, 5) is 4.31. The minimum Gasteiger partial charge on any atom is -0.508 e. The summed E-state index contributed by atoms with van der Waals surface area (Å²) in [6, 6.07) is 9.96. The lowest BCUT2D eigenvalue weighted by molar-refractivity contribution is 0.471. The Kier molecular flexibility index (Phi) is 3.11. The van der Waals surface area contributed by atoms with Crippen LogP contribution in [0.2, 0.25) is 0 Å². The summed E-state index contributed by atoms with van der Waals surface area (Å²) in [6.07, 6.45) is 5.17. The molecule has 1 aromatic carbocycles. The first-order chi connectivity index (χ1) is 9.24. The maximum Gasteiger partial charge on any atom is 0.115 e. The summed E-state index contributed by atoms with van der Waals surface area (Å²) < 4.78 is 0. The fraction of sp³-hybridized carbons (Fsp3) is 0.312. The van der Waals surface area contributed by atoms with E-state index in [2.05, 4.69) is 16.4 Å². The second-order valence-electron chi connectivity index (χ2n) is 5.11. The summed E-state index contributed by atoms with van der Waals surface area (Å²) >= 11 is 0. The van der Waals surface area contributed by atoms with E-state index in [0.29, 0.717) is 5.75 Å². The molecule has 2 aromatic rings. The van der Waals surface area contributed by atoms with E-state index in [1.807, 2.05) is 25.1 Å². The zero-order valence-electron chi connectivity index (χ0n) is 11.1. The number of nitrogens with zero attached hydrogens (tertiary/aromatic N) is 1. The van der Waals surface area contributed by atoms with Crippen LogP contribution in [-0.4, -0.2) is 10.1 Å². The van der Waals surface area contributed by atoms with Gasteiger partial charge in [0.15, 0.2) is 0 Å². The summed E-state index contributed by atoms with van der Waals surface area (Å²) in [5.41, 5.74) is 4.64. The molecular formula is C16H18N2O. The quantitative estimate of drug-likeness (QED) is 0.861. The fourth-order valence-electron chi connectivity index (χ4n) is 2.76. The van der Waals surface area contributed by atoms with Gasteiger partial charge in [-0.25, -0.2) is 0 Å². The summed E-state index contributed by atoms with van der Waals surface area (Å²) in [5.74, 6) is 0.343. The number of benzene rings is 1. The highest BCUT2D eigenvalue weighted by Gasteiger charge is 2.20. The van der Waals surface area contributed by atoms with Crippen LogP contribution in [0.15, 0.2) is 36.5 Å². The third-order valence-corrected chi connectivity index (χ3v) is 3.78. The molecule has 0 amide bonds. The second kappa shape index (κ2) is 4.92. The summed E-state index contributed by atoms with van der Waals surface area (Å²) in [6.45, 7) is 2.01. The van der Waals surface area contributed by atoms with Crippen LogP contribution in [0.1, 0.15) is 35.7 Å². The number of fused-ring (bicyclic) bond motifs is 1. The average Bonchev–Trinajstić information content (AvgIpc) is 2.42. The molecule has 3 nitrogen and oxygen atoms in total. The van der Waals surface area contributed by atoms with Crippen molar-refractivity contribution in [2.45, 2.75) is 32.2 Å². The maximum atomic E-state index is 9.69. The Bertz CT molecular complexity index is 595. The predicted molar refractivity (Wildman–Crippen MR) is 76.4 cm³/mol. The molecule has 2 N–H and O–H groups in total. The van der Waals surface area contributed by atoms with E-state index in [1.54, 1.807) is 12.3 Å². The number of rotatable bonds is 2. The molecule has 1 aromatic heterocycles. The van der Waals surface area contributed by atoms with Gasteiger partial charge in [-0.15, -0.1) is 0 Å². The Morgan fingerprint density at radius 2 is 2.21 bits per heavy atom. The molecule has 3 heteroatoms. The second-order valence-corrected chi connectivity index (χ2v) is 5.11. The monoisotopic (exact) mass is 254 g/mol. The zero-order valence-corrected chi connectivity index (χ0v) is 11.1. The van der Waals surface area contributed by atoms with E-state index in [9.17, 15) is 5.11 Å². The average molecular weight is 254 g/mol. The lowest BCUT2D eigenvalue weighted by Gasteiger charge is -2.27. The minimum absolute atomic E-state index is 0.263. The van der Waals surface area contributed by atoms with Crippen LogP contribution in [0.4, 0.5) is 5.69 Å². The SMILES string of the molecule is Cc1ncccc1NC1CCCc2ccc(O)cc21. The first-order valence-corrected chi connectivity index (χ1v) is 6.74. The molecule has 0 bridgehead atoms. The molecule has 1 unspecified atom stereocenters. The lowest BCUT2D eigenvalue weighted by atomic mass is 9.87. The fourth-order valence-corrected chi connectivity index (χ4v) is 2.76. The van der Waals surface area contributed by atoms with Crippen LogP contribution in [0.25, 0.3) is 0 Å². The van der Waals surface area contributed by atoms with Crippen molar-refractivity contribution in [3.8, 4) is 5.75 Å². The van der Waals surface area contributed by atoms with Crippen molar-refractivity contribution < 1.29 is 5.11 Å². The molecule has 0 spiro atoms. The molecule has 98 valence electrons. The zero-order chi connectivity index (χ0) is 13.2. The van der Waals surface area contributed by atoms with E-state index in [-0.39, 0.29) is 6.04 Å². The number of aromatic hydroxyl groups is 1. The molecule has 19 heavy (non-hydrogen) atoms. The standard InChI is InChI=1S/C16H18N2O/c1-11-15(6-3-9-17-11)18-16-5-2-4-12-7-8-13(19)10-14(12)16/h3,6-10,16,18-19H,2,4-5H2,1H3. The first-order valence-electron chi connectivity index (χ1n) is 6.74. The molecule has 0 aliphatic heterocycles. The number of phenols is 1. The molecule has 0 radical (unpaired) electrons. The summed E-state index contributed by atoms with van der Waals surface area (Å²) in [5, 5.41) is 13.2. The number of hydrogen-bond acceptors (Lipinski definition) is 3. The van der Waals surface area contributed by atoms with Crippen LogP contribution >= 0.6 is 0 Å². The van der Waals surface area contributed by atoms with Gasteiger partial charge < -0.3 is 10.4 Å². The normalized spacial score (nSPS) is 17.8. The Morgan fingerprint density at radius 1 is 1.32 bits per heavy atom. The predicted octanol–water partition coefficient (Wildman–Crippen LogP) is 3.59. The molecular weight excluding hydrogens is 236 g/mol. The number of hydrogen-bond donors (Lipinski definition) is 2. The van der Waals surface area contributed by atoms with Crippen LogP contribution in [0, 0.1) is 6.92 Å². The Balaban J connectivity index is 1.92. The molecule has 3 rings (SSSR count). The first kappa shape index (κ1) is 12.0. The number of pyridine rings is 1. The number of aromatic nitrogens is 1. The Labute approximate surface area is 113 Å². The highest BCUT2D eigenvalue weighted by Crippen LogP contribution is 2.34. The minimum atomic E-state index is 0.263. The largest absolute Gasteiger partial charge is 0.508 e. The number of nitrogens with one attached hydrogen (secondary N) is 1. The maximum absolute atomic E-state index is 9.69. The van der Waals surface area contributed by atoms with Crippen molar-refractivity contribution in [2.75, 3.05) is 5.32 Å². The van der Waals surface area contributed by atoms with Crippen molar-refractivity contribution in [1.29, 1.82) is 0 Å². The van der Waals surface area contributed by atoms with E-state index in [0.717, 1.165) is 24.2 Å². The van der Waals surface area contributed by atoms with Gasteiger partial charge in [0, 0.05) is 6.20 Å². The number of aryl methyl sites for hydroxylation is 2. The van der Waals surface area contributed by atoms with Gasteiger partial charge >= 0.3 is 0 Å². The van der Waals surface area contributed by atoms with Crippen molar-refractivity contribution in [1.82, 2.24) is 4.98 Å². The van der Waals surface area contributed by atoms with Crippen LogP contribution < -0.4 is 5.32 Å². The van der Waals surface area contributed by atoms with Crippen molar-refractivity contribution in [2.24, 2.45) is 0 Å². The Hall–Kier alpha value is -2.03. The van der Waals surface area contributed by atoms with Gasteiger partial charge in [0.1, 0.15) is 5.75 Å². The molecule has 1 heterocycles. The molecule has 1 aliphatic carbocycles. The van der Waals surface area contributed by atoms with Crippen molar-refractivity contribution in [3.63, 3.8) is 0 Å². The van der Waals surface area contributed by atoms with E-state index >= 15 is 0 Å². The van der Waals surface area contributed by atoms with Crippen LogP contribution in [-0.2, 0) is 6.42 Å². The lowest BCUT2D eigenvalue weighted by Crippen LogP contribution is -2.17. The molecule has 0 saturated heterocycles. The van der Waals surface area contributed by atoms with Gasteiger partial charge in [-0.3, -0.25) is 4.98 Å². The van der Waals surface area contributed by atoms with Crippen LogP contribution in [0.5, 0.6) is 5.75 Å². The van der Waals surface area contributed by atoms with E-state index in [4.69, 9.17) is 0 Å². The topological polar surface area (TPSA) is 45.2 Å². The van der Waals surface area contributed by atoms with Gasteiger partial charge in [-0.05, 0) is 61.6 Å². The molecule has 1 atom stereocenters. The third-order valence-electron chi connectivity index (χ3n) is 3.78. The van der Waals surface area contributed by atoms with E-state index in [1.165, 1.54) is 17.5 Å². The van der Waals surface area contributed by atoms with Gasteiger partial charge in [0.2, 0.25) is 0 Å². The Morgan fingerprint density at radius 3 is 3.05 bits per heavy atom. The van der Waals surface area contributed by atoms with Gasteiger partial charge in [0.05, 0.1) is 17.4 Å².